The highest BCUT2D eigenvalue weighted by atomic mass is 16.5. The first-order valence-corrected chi connectivity index (χ1v) is 9.22. The van der Waals surface area contributed by atoms with Gasteiger partial charge in [0.25, 0.3) is 5.89 Å². The quantitative estimate of drug-likeness (QED) is 0.750. The zero-order valence-electron chi connectivity index (χ0n) is 15.7. The highest BCUT2D eigenvalue weighted by molar-refractivity contribution is 5.57. The molecule has 1 saturated heterocycles. The van der Waals surface area contributed by atoms with E-state index < -0.39 is 0 Å². The summed E-state index contributed by atoms with van der Waals surface area (Å²) in [4.78, 5) is 7.01. The van der Waals surface area contributed by atoms with E-state index >= 15 is 0 Å². The zero-order valence-corrected chi connectivity index (χ0v) is 15.7. The molecular formula is C21H24N4O2. The number of rotatable bonds is 5. The van der Waals surface area contributed by atoms with Crippen molar-refractivity contribution in [2.75, 3.05) is 26.7 Å². The fourth-order valence-electron chi connectivity index (χ4n) is 3.61. The molecule has 0 radical (unpaired) electrons. The Kier molecular flexibility index (Phi) is 5.18. The predicted molar refractivity (Wildman–Crippen MR) is 103 cm³/mol. The van der Waals surface area contributed by atoms with E-state index in [1.54, 1.807) is 7.11 Å². The monoisotopic (exact) mass is 364 g/mol. The Balaban J connectivity index is 1.57. The van der Waals surface area contributed by atoms with E-state index in [1.807, 2.05) is 43.3 Å². The van der Waals surface area contributed by atoms with Gasteiger partial charge in [0.1, 0.15) is 5.75 Å². The van der Waals surface area contributed by atoms with Gasteiger partial charge in [-0.3, -0.25) is 4.90 Å². The van der Waals surface area contributed by atoms with E-state index in [-0.39, 0.29) is 6.04 Å². The number of nitrogens with zero attached hydrogens (tertiary/aromatic N) is 3. The minimum Gasteiger partial charge on any atom is -0.496 e. The maximum atomic E-state index is 5.57. The maximum absolute atomic E-state index is 5.57. The molecule has 0 spiro atoms. The van der Waals surface area contributed by atoms with Crippen molar-refractivity contribution in [3.05, 3.63) is 65.5 Å². The number of aromatic nitrogens is 2. The van der Waals surface area contributed by atoms with Gasteiger partial charge in [-0.1, -0.05) is 41.6 Å². The van der Waals surface area contributed by atoms with Gasteiger partial charge in [0.05, 0.1) is 19.7 Å². The maximum Gasteiger partial charge on any atom is 0.258 e. The molecule has 0 saturated carbocycles. The van der Waals surface area contributed by atoms with Crippen LogP contribution in [0.1, 0.15) is 23.0 Å². The first kappa shape index (κ1) is 17.7. The molecule has 1 unspecified atom stereocenters. The molecule has 6 nitrogen and oxygen atoms in total. The molecule has 2 heterocycles. The van der Waals surface area contributed by atoms with Gasteiger partial charge in [-0.25, -0.2) is 0 Å². The SMILES string of the molecule is COc1ccccc1C1CNCCN1Cc1noc(-c2ccccc2C)n1. The van der Waals surface area contributed by atoms with Crippen LogP contribution in [-0.4, -0.2) is 41.8 Å². The molecule has 0 aliphatic carbocycles. The second-order valence-electron chi connectivity index (χ2n) is 6.76. The number of nitrogens with one attached hydrogen (secondary N) is 1. The van der Waals surface area contributed by atoms with Gasteiger partial charge >= 0.3 is 0 Å². The number of benzene rings is 2. The third-order valence-electron chi connectivity index (χ3n) is 5.04. The average Bonchev–Trinajstić information content (AvgIpc) is 3.17. The Morgan fingerprint density at radius 1 is 1.19 bits per heavy atom. The number of piperazine rings is 1. The van der Waals surface area contributed by atoms with Gasteiger partial charge in [0.2, 0.25) is 0 Å². The van der Waals surface area contributed by atoms with E-state index in [1.165, 1.54) is 5.56 Å². The summed E-state index contributed by atoms with van der Waals surface area (Å²) in [6.45, 7) is 5.40. The van der Waals surface area contributed by atoms with Crippen molar-refractivity contribution >= 4 is 0 Å². The van der Waals surface area contributed by atoms with Crippen LogP contribution in [0.2, 0.25) is 0 Å². The highest BCUT2D eigenvalue weighted by Gasteiger charge is 2.27. The van der Waals surface area contributed by atoms with Crippen molar-refractivity contribution in [2.45, 2.75) is 19.5 Å². The summed E-state index contributed by atoms with van der Waals surface area (Å²) < 4.78 is 11.1. The van der Waals surface area contributed by atoms with E-state index in [9.17, 15) is 0 Å². The molecule has 1 aliphatic heterocycles. The van der Waals surface area contributed by atoms with Crippen LogP contribution in [0.15, 0.2) is 53.1 Å². The van der Waals surface area contributed by atoms with Crippen LogP contribution < -0.4 is 10.1 Å². The summed E-state index contributed by atoms with van der Waals surface area (Å²) in [6.07, 6.45) is 0. The van der Waals surface area contributed by atoms with Gasteiger partial charge in [0, 0.05) is 30.8 Å². The number of aryl methyl sites for hydroxylation is 1. The van der Waals surface area contributed by atoms with Crippen molar-refractivity contribution in [3.8, 4) is 17.2 Å². The van der Waals surface area contributed by atoms with Gasteiger partial charge in [-0.15, -0.1) is 0 Å². The Bertz CT molecular complexity index is 908. The number of para-hydroxylation sites is 1. The van der Waals surface area contributed by atoms with Crippen molar-refractivity contribution in [1.29, 1.82) is 0 Å². The molecule has 1 atom stereocenters. The molecule has 1 aliphatic rings. The fraction of sp³-hybridized carbons (Fsp3) is 0.333. The largest absolute Gasteiger partial charge is 0.496 e. The molecule has 2 aromatic carbocycles. The van der Waals surface area contributed by atoms with Crippen molar-refractivity contribution < 1.29 is 9.26 Å². The molecule has 1 fully saturated rings. The molecule has 0 amide bonds. The minimum absolute atomic E-state index is 0.204. The summed E-state index contributed by atoms with van der Waals surface area (Å²) >= 11 is 0. The molecule has 140 valence electrons. The topological polar surface area (TPSA) is 63.4 Å². The van der Waals surface area contributed by atoms with E-state index in [0.717, 1.165) is 36.5 Å². The lowest BCUT2D eigenvalue weighted by Crippen LogP contribution is -2.45. The smallest absolute Gasteiger partial charge is 0.258 e. The second-order valence-corrected chi connectivity index (χ2v) is 6.76. The summed E-state index contributed by atoms with van der Waals surface area (Å²) in [6, 6.07) is 16.4. The van der Waals surface area contributed by atoms with Crippen molar-refractivity contribution in [2.24, 2.45) is 0 Å². The van der Waals surface area contributed by atoms with E-state index in [0.29, 0.717) is 18.3 Å². The Labute approximate surface area is 159 Å². The van der Waals surface area contributed by atoms with Crippen LogP contribution in [-0.2, 0) is 6.54 Å². The first-order chi connectivity index (χ1) is 13.3. The third kappa shape index (κ3) is 3.72. The molecule has 1 N–H and O–H groups in total. The molecule has 3 aromatic rings. The van der Waals surface area contributed by atoms with Crippen LogP contribution >= 0.6 is 0 Å². The molecule has 0 bridgehead atoms. The summed E-state index contributed by atoms with van der Waals surface area (Å²) in [5, 5.41) is 7.70. The summed E-state index contributed by atoms with van der Waals surface area (Å²) in [5.74, 6) is 2.19. The standard InChI is InChI=1S/C21H24N4O2/c1-15-7-3-4-8-16(15)21-23-20(24-27-21)14-25-12-11-22-13-18(25)17-9-5-6-10-19(17)26-2/h3-10,18,22H,11-14H2,1-2H3. The molecule has 27 heavy (non-hydrogen) atoms. The van der Waals surface area contributed by atoms with Gasteiger partial charge < -0.3 is 14.6 Å². The Morgan fingerprint density at radius 3 is 2.85 bits per heavy atom. The van der Waals surface area contributed by atoms with E-state index in [2.05, 4.69) is 32.5 Å². The fourth-order valence-corrected chi connectivity index (χ4v) is 3.61. The minimum atomic E-state index is 0.204. The number of hydrogen-bond donors (Lipinski definition) is 1. The zero-order chi connectivity index (χ0) is 18.6. The van der Waals surface area contributed by atoms with Gasteiger partial charge in [-0.2, -0.15) is 4.98 Å². The Morgan fingerprint density at radius 2 is 2.00 bits per heavy atom. The van der Waals surface area contributed by atoms with Gasteiger partial charge in [0.15, 0.2) is 5.82 Å². The Hall–Kier alpha value is -2.70. The highest BCUT2D eigenvalue weighted by Crippen LogP contribution is 2.31. The van der Waals surface area contributed by atoms with Crippen LogP contribution in [0.3, 0.4) is 0 Å². The molecule has 4 rings (SSSR count). The number of ether oxygens (including phenoxy) is 1. The lowest BCUT2D eigenvalue weighted by molar-refractivity contribution is 0.146. The van der Waals surface area contributed by atoms with Crippen LogP contribution in [0.25, 0.3) is 11.5 Å². The number of hydrogen-bond acceptors (Lipinski definition) is 6. The normalized spacial score (nSPS) is 17.8. The summed E-state index contributed by atoms with van der Waals surface area (Å²) in [7, 11) is 1.72. The average molecular weight is 364 g/mol. The predicted octanol–water partition coefficient (Wildman–Crippen LogP) is 3.20. The van der Waals surface area contributed by atoms with Crippen LogP contribution in [0.5, 0.6) is 5.75 Å². The lowest BCUT2D eigenvalue weighted by Gasteiger charge is -2.36. The molecule has 1 aromatic heterocycles. The number of methoxy groups -OCH3 is 1. The van der Waals surface area contributed by atoms with Crippen LogP contribution in [0.4, 0.5) is 0 Å². The summed E-state index contributed by atoms with van der Waals surface area (Å²) in [5.41, 5.74) is 3.29. The van der Waals surface area contributed by atoms with Crippen molar-refractivity contribution in [1.82, 2.24) is 20.4 Å². The van der Waals surface area contributed by atoms with Gasteiger partial charge in [-0.05, 0) is 24.6 Å². The molecule has 6 heteroatoms. The van der Waals surface area contributed by atoms with Crippen LogP contribution in [0, 0.1) is 6.92 Å². The lowest BCUT2D eigenvalue weighted by atomic mass is 10.0. The van der Waals surface area contributed by atoms with Crippen molar-refractivity contribution in [3.63, 3.8) is 0 Å². The van der Waals surface area contributed by atoms with E-state index in [4.69, 9.17) is 9.26 Å². The first-order valence-electron chi connectivity index (χ1n) is 9.22. The molecular weight excluding hydrogens is 340 g/mol. The third-order valence-corrected chi connectivity index (χ3v) is 5.04. The second kappa shape index (κ2) is 7.90.